The van der Waals surface area contributed by atoms with Crippen LogP contribution in [-0.2, 0) is 0 Å². The van der Waals surface area contributed by atoms with Gasteiger partial charge in [0.05, 0.1) is 11.0 Å². The zero-order chi connectivity index (χ0) is 14.8. The molecule has 1 heterocycles. The SMILES string of the molecule is CNCC1CC(Oc2ccc([N+](=O)[O-])c3ncccc23)C1. The van der Waals surface area contributed by atoms with Crippen molar-refractivity contribution in [3.8, 4) is 5.75 Å². The van der Waals surface area contributed by atoms with Crippen LogP contribution in [0.1, 0.15) is 12.8 Å². The molecular weight excluding hydrogens is 270 g/mol. The van der Waals surface area contributed by atoms with Gasteiger partial charge in [-0.05, 0) is 50.6 Å². The van der Waals surface area contributed by atoms with Gasteiger partial charge in [0.25, 0.3) is 5.69 Å². The third kappa shape index (κ3) is 2.67. The number of nitro groups is 1. The molecule has 21 heavy (non-hydrogen) atoms. The van der Waals surface area contributed by atoms with Crippen LogP contribution in [0.4, 0.5) is 5.69 Å². The molecule has 1 aromatic carbocycles. The number of nitro benzene ring substituents is 1. The van der Waals surface area contributed by atoms with E-state index in [9.17, 15) is 10.1 Å². The number of ether oxygens (including phenoxy) is 1. The van der Waals surface area contributed by atoms with Crippen molar-refractivity contribution in [3.05, 3.63) is 40.6 Å². The van der Waals surface area contributed by atoms with Gasteiger partial charge < -0.3 is 10.1 Å². The second-order valence-corrected chi connectivity index (χ2v) is 5.37. The van der Waals surface area contributed by atoms with Gasteiger partial charge in [-0.25, -0.2) is 4.98 Å². The van der Waals surface area contributed by atoms with Crippen LogP contribution in [-0.4, -0.2) is 29.6 Å². The molecule has 6 heteroatoms. The van der Waals surface area contributed by atoms with Crippen molar-refractivity contribution in [3.63, 3.8) is 0 Å². The van der Waals surface area contributed by atoms with Gasteiger partial charge in [-0.15, -0.1) is 0 Å². The predicted octanol–water partition coefficient (Wildman–Crippen LogP) is 2.52. The average molecular weight is 287 g/mol. The van der Waals surface area contributed by atoms with Gasteiger partial charge in [-0.1, -0.05) is 0 Å². The minimum atomic E-state index is -0.411. The first-order valence-corrected chi connectivity index (χ1v) is 7.02. The van der Waals surface area contributed by atoms with Crippen LogP contribution < -0.4 is 10.1 Å². The van der Waals surface area contributed by atoms with Gasteiger partial charge in [0.1, 0.15) is 5.75 Å². The topological polar surface area (TPSA) is 77.3 Å². The molecule has 0 unspecified atom stereocenters. The van der Waals surface area contributed by atoms with Crippen LogP contribution in [0.15, 0.2) is 30.5 Å². The number of rotatable bonds is 5. The zero-order valence-electron chi connectivity index (χ0n) is 11.8. The summed E-state index contributed by atoms with van der Waals surface area (Å²) in [7, 11) is 1.95. The summed E-state index contributed by atoms with van der Waals surface area (Å²) in [5, 5.41) is 14.9. The number of hydrogen-bond donors (Lipinski definition) is 1. The Morgan fingerprint density at radius 3 is 2.95 bits per heavy atom. The van der Waals surface area contributed by atoms with E-state index in [-0.39, 0.29) is 11.8 Å². The molecule has 0 amide bonds. The lowest BCUT2D eigenvalue weighted by atomic mass is 9.82. The number of non-ortho nitro benzene ring substituents is 1. The molecule has 1 fully saturated rings. The lowest BCUT2D eigenvalue weighted by Gasteiger charge is -2.35. The maximum Gasteiger partial charge on any atom is 0.295 e. The summed E-state index contributed by atoms with van der Waals surface area (Å²) in [5.74, 6) is 1.33. The quantitative estimate of drug-likeness (QED) is 0.675. The van der Waals surface area contributed by atoms with E-state index in [1.165, 1.54) is 6.07 Å². The summed E-state index contributed by atoms with van der Waals surface area (Å²) in [6, 6.07) is 6.72. The van der Waals surface area contributed by atoms with E-state index in [1.54, 1.807) is 18.3 Å². The zero-order valence-corrected chi connectivity index (χ0v) is 11.8. The Bertz CT molecular complexity index is 668. The Balaban J connectivity index is 1.84. The Labute approximate surface area is 122 Å². The highest BCUT2D eigenvalue weighted by Gasteiger charge is 2.30. The van der Waals surface area contributed by atoms with E-state index < -0.39 is 4.92 Å². The van der Waals surface area contributed by atoms with E-state index in [4.69, 9.17) is 4.74 Å². The van der Waals surface area contributed by atoms with Crippen LogP contribution >= 0.6 is 0 Å². The minimum absolute atomic E-state index is 0.0135. The lowest BCUT2D eigenvalue weighted by molar-refractivity contribution is -0.383. The molecule has 0 spiro atoms. The highest BCUT2D eigenvalue weighted by atomic mass is 16.6. The predicted molar refractivity (Wildman–Crippen MR) is 79.5 cm³/mol. The van der Waals surface area contributed by atoms with E-state index in [0.717, 1.165) is 19.4 Å². The van der Waals surface area contributed by atoms with Crippen molar-refractivity contribution >= 4 is 16.6 Å². The highest BCUT2D eigenvalue weighted by molar-refractivity contribution is 5.92. The van der Waals surface area contributed by atoms with Crippen LogP contribution in [0.5, 0.6) is 5.75 Å². The maximum atomic E-state index is 11.0. The molecule has 110 valence electrons. The molecule has 3 rings (SSSR count). The third-order valence-electron chi connectivity index (χ3n) is 3.88. The van der Waals surface area contributed by atoms with Gasteiger partial charge in [0.2, 0.25) is 0 Å². The van der Waals surface area contributed by atoms with Crippen molar-refractivity contribution in [2.24, 2.45) is 5.92 Å². The molecule has 1 aromatic heterocycles. The summed E-state index contributed by atoms with van der Waals surface area (Å²) in [6.45, 7) is 1.00. The Morgan fingerprint density at radius 2 is 2.24 bits per heavy atom. The number of fused-ring (bicyclic) bond motifs is 1. The molecular formula is C15H17N3O3. The smallest absolute Gasteiger partial charge is 0.295 e. The molecule has 1 N–H and O–H groups in total. The number of nitrogens with zero attached hydrogens (tertiary/aromatic N) is 2. The lowest BCUT2D eigenvalue weighted by Crippen LogP contribution is -2.38. The average Bonchev–Trinajstić information content (AvgIpc) is 2.45. The fourth-order valence-corrected chi connectivity index (χ4v) is 2.79. The van der Waals surface area contributed by atoms with Crippen LogP contribution in [0.25, 0.3) is 10.9 Å². The van der Waals surface area contributed by atoms with Crippen molar-refractivity contribution in [2.45, 2.75) is 18.9 Å². The highest BCUT2D eigenvalue weighted by Crippen LogP contribution is 2.36. The standard InChI is InChI=1S/C15H17N3O3/c1-16-9-10-7-11(8-10)21-14-5-4-13(18(19)20)15-12(14)3-2-6-17-15/h2-6,10-11,16H,7-9H2,1H3. The van der Waals surface area contributed by atoms with Crippen LogP contribution in [0.3, 0.4) is 0 Å². The molecule has 1 aliphatic rings. The molecule has 6 nitrogen and oxygen atoms in total. The summed E-state index contributed by atoms with van der Waals surface area (Å²) in [5.41, 5.74) is 0.394. The molecule has 1 aliphatic carbocycles. The first kappa shape index (κ1) is 13.8. The molecule has 0 radical (unpaired) electrons. The van der Waals surface area contributed by atoms with E-state index in [2.05, 4.69) is 10.3 Å². The van der Waals surface area contributed by atoms with Crippen LogP contribution in [0.2, 0.25) is 0 Å². The van der Waals surface area contributed by atoms with Gasteiger partial charge >= 0.3 is 0 Å². The first-order chi connectivity index (χ1) is 10.2. The normalized spacial score (nSPS) is 21.0. The Hall–Kier alpha value is -2.21. The number of aromatic nitrogens is 1. The number of nitrogens with one attached hydrogen (secondary N) is 1. The summed E-state index contributed by atoms with van der Waals surface area (Å²) < 4.78 is 5.98. The minimum Gasteiger partial charge on any atom is -0.490 e. The van der Waals surface area contributed by atoms with E-state index in [1.807, 2.05) is 13.1 Å². The van der Waals surface area contributed by atoms with Gasteiger partial charge in [-0.3, -0.25) is 10.1 Å². The second kappa shape index (κ2) is 5.65. The summed E-state index contributed by atoms with van der Waals surface area (Å²) in [4.78, 5) is 14.8. The van der Waals surface area contributed by atoms with E-state index >= 15 is 0 Å². The number of benzene rings is 1. The van der Waals surface area contributed by atoms with E-state index in [0.29, 0.717) is 22.6 Å². The van der Waals surface area contributed by atoms with Gasteiger partial charge in [0, 0.05) is 17.6 Å². The Kier molecular flexibility index (Phi) is 3.70. The second-order valence-electron chi connectivity index (χ2n) is 5.37. The van der Waals surface area contributed by atoms with Crippen LogP contribution in [0, 0.1) is 16.0 Å². The monoisotopic (exact) mass is 287 g/mol. The number of hydrogen-bond acceptors (Lipinski definition) is 5. The number of pyridine rings is 1. The third-order valence-corrected chi connectivity index (χ3v) is 3.88. The molecule has 1 saturated carbocycles. The van der Waals surface area contributed by atoms with Crippen molar-refractivity contribution in [1.82, 2.24) is 10.3 Å². The summed E-state index contributed by atoms with van der Waals surface area (Å²) in [6.07, 6.45) is 3.78. The Morgan fingerprint density at radius 1 is 1.43 bits per heavy atom. The maximum absolute atomic E-state index is 11.0. The van der Waals surface area contributed by atoms with Crippen molar-refractivity contribution < 1.29 is 9.66 Å². The van der Waals surface area contributed by atoms with Gasteiger partial charge in [0.15, 0.2) is 5.52 Å². The summed E-state index contributed by atoms with van der Waals surface area (Å²) >= 11 is 0. The fraction of sp³-hybridized carbons (Fsp3) is 0.400. The van der Waals surface area contributed by atoms with Crippen molar-refractivity contribution in [1.29, 1.82) is 0 Å². The molecule has 0 aliphatic heterocycles. The fourth-order valence-electron chi connectivity index (χ4n) is 2.79. The largest absolute Gasteiger partial charge is 0.490 e. The molecule has 0 atom stereocenters. The van der Waals surface area contributed by atoms with Crippen molar-refractivity contribution in [2.75, 3.05) is 13.6 Å². The first-order valence-electron chi connectivity index (χ1n) is 7.02. The molecule has 2 aromatic rings. The van der Waals surface area contributed by atoms with Gasteiger partial charge in [-0.2, -0.15) is 0 Å². The molecule has 0 bridgehead atoms. The molecule has 0 saturated heterocycles.